The Morgan fingerprint density at radius 2 is 2.31 bits per heavy atom. The van der Waals surface area contributed by atoms with Crippen molar-refractivity contribution in [2.24, 2.45) is 5.92 Å². The number of rotatable bonds is 3. The molecule has 16 heavy (non-hydrogen) atoms. The minimum Gasteiger partial charge on any atom is -0.489 e. The molecule has 1 heterocycles. The first-order chi connectivity index (χ1) is 7.78. The second-order valence-electron chi connectivity index (χ2n) is 4.50. The molecule has 2 atom stereocenters. The van der Waals surface area contributed by atoms with Gasteiger partial charge in [-0.15, -0.1) is 0 Å². The predicted molar refractivity (Wildman–Crippen MR) is 65.9 cm³/mol. The molecule has 1 saturated carbocycles. The van der Waals surface area contributed by atoms with E-state index in [-0.39, 0.29) is 0 Å². The lowest BCUT2D eigenvalue weighted by molar-refractivity contribution is 0.121. The monoisotopic (exact) mass is 239 g/mol. The van der Waals surface area contributed by atoms with Gasteiger partial charge in [-0.25, -0.2) is 4.98 Å². The third-order valence-corrected chi connectivity index (χ3v) is 3.54. The smallest absolute Gasteiger partial charge is 0.138 e. The molecule has 2 unspecified atom stereocenters. The molecule has 88 valence electrons. The highest BCUT2D eigenvalue weighted by atomic mass is 35.5. The lowest BCUT2D eigenvalue weighted by Gasteiger charge is -2.28. The van der Waals surface area contributed by atoms with Gasteiger partial charge in [-0.3, -0.25) is 0 Å². The third-order valence-electron chi connectivity index (χ3n) is 3.32. The average molecular weight is 240 g/mol. The molecule has 0 radical (unpaired) electrons. The molecule has 1 aromatic rings. The van der Waals surface area contributed by atoms with Crippen LogP contribution in [0.5, 0.6) is 5.75 Å². The summed E-state index contributed by atoms with van der Waals surface area (Å²) in [6, 6.07) is 3.67. The minimum absolute atomic E-state index is 0.363. The Bertz CT molecular complexity index is 325. The number of ether oxygens (including phenoxy) is 1. The van der Waals surface area contributed by atoms with Crippen molar-refractivity contribution in [3.63, 3.8) is 0 Å². The Morgan fingerprint density at radius 3 is 3.00 bits per heavy atom. The molecule has 0 N–H and O–H groups in total. The fourth-order valence-corrected chi connectivity index (χ4v) is 2.46. The fraction of sp³-hybridized carbons (Fsp3) is 0.615. The van der Waals surface area contributed by atoms with Gasteiger partial charge in [0.15, 0.2) is 0 Å². The van der Waals surface area contributed by atoms with E-state index in [0.29, 0.717) is 11.3 Å². The van der Waals surface area contributed by atoms with Crippen molar-refractivity contribution in [1.29, 1.82) is 0 Å². The zero-order valence-corrected chi connectivity index (χ0v) is 10.4. The fourth-order valence-electron chi connectivity index (χ4n) is 2.34. The minimum atomic E-state index is 0.363. The first-order valence-corrected chi connectivity index (χ1v) is 6.44. The predicted octanol–water partition coefficient (Wildman–Crippen LogP) is 4.08. The van der Waals surface area contributed by atoms with Crippen molar-refractivity contribution < 1.29 is 4.74 Å². The molecule has 0 amide bonds. The van der Waals surface area contributed by atoms with E-state index >= 15 is 0 Å². The topological polar surface area (TPSA) is 22.1 Å². The maximum atomic E-state index is 5.92. The summed E-state index contributed by atoms with van der Waals surface area (Å²) in [6.45, 7) is 2.26. The van der Waals surface area contributed by atoms with Gasteiger partial charge >= 0.3 is 0 Å². The van der Waals surface area contributed by atoms with Crippen molar-refractivity contribution >= 4 is 11.6 Å². The van der Waals surface area contributed by atoms with E-state index in [2.05, 4.69) is 11.9 Å². The van der Waals surface area contributed by atoms with Crippen LogP contribution < -0.4 is 4.74 Å². The van der Waals surface area contributed by atoms with E-state index in [1.165, 1.54) is 32.1 Å². The zero-order valence-electron chi connectivity index (χ0n) is 9.66. The largest absolute Gasteiger partial charge is 0.489 e. The molecule has 1 aromatic heterocycles. The van der Waals surface area contributed by atoms with Gasteiger partial charge in [0.25, 0.3) is 0 Å². The normalized spacial score (nSPS) is 25.4. The zero-order chi connectivity index (χ0) is 11.4. The van der Waals surface area contributed by atoms with Gasteiger partial charge in [-0.2, -0.15) is 0 Å². The molecule has 0 aromatic carbocycles. The Morgan fingerprint density at radius 1 is 1.44 bits per heavy atom. The van der Waals surface area contributed by atoms with Crippen LogP contribution in [0.15, 0.2) is 18.3 Å². The number of hydrogen-bond donors (Lipinski definition) is 0. The Hall–Kier alpha value is -0.760. The van der Waals surface area contributed by atoms with Gasteiger partial charge in [0.05, 0.1) is 12.3 Å². The van der Waals surface area contributed by atoms with Crippen LogP contribution in [0, 0.1) is 5.92 Å². The maximum absolute atomic E-state index is 5.92. The maximum Gasteiger partial charge on any atom is 0.138 e. The van der Waals surface area contributed by atoms with E-state index in [4.69, 9.17) is 16.3 Å². The molecular formula is C13H18ClNO. The molecule has 3 heteroatoms. The van der Waals surface area contributed by atoms with Crippen molar-refractivity contribution in [1.82, 2.24) is 4.98 Å². The van der Waals surface area contributed by atoms with Crippen LogP contribution in [0.25, 0.3) is 0 Å². The van der Waals surface area contributed by atoms with Crippen molar-refractivity contribution in [2.45, 2.75) is 45.1 Å². The summed E-state index contributed by atoms with van der Waals surface area (Å²) in [7, 11) is 0. The highest BCUT2D eigenvalue weighted by Gasteiger charge is 2.21. The van der Waals surface area contributed by atoms with Gasteiger partial charge in [0.2, 0.25) is 0 Å². The van der Waals surface area contributed by atoms with Gasteiger partial charge in [0.1, 0.15) is 10.9 Å². The third kappa shape index (κ3) is 3.11. The van der Waals surface area contributed by atoms with Crippen LogP contribution >= 0.6 is 11.6 Å². The number of nitrogens with zero attached hydrogens (tertiary/aromatic N) is 1. The molecular weight excluding hydrogens is 222 g/mol. The quantitative estimate of drug-likeness (QED) is 0.742. The van der Waals surface area contributed by atoms with Gasteiger partial charge in [-0.1, -0.05) is 31.4 Å². The van der Waals surface area contributed by atoms with Crippen molar-refractivity contribution in [2.75, 3.05) is 0 Å². The summed E-state index contributed by atoms with van der Waals surface area (Å²) in [5.41, 5.74) is 0. The van der Waals surface area contributed by atoms with Crippen LogP contribution in [-0.2, 0) is 0 Å². The van der Waals surface area contributed by atoms with Crippen molar-refractivity contribution in [3.8, 4) is 5.75 Å². The SMILES string of the molecule is CCC1CCCC(Oc2ccc(Cl)nc2)C1. The Balaban J connectivity index is 1.91. The van der Waals surface area contributed by atoms with E-state index < -0.39 is 0 Å². The van der Waals surface area contributed by atoms with E-state index in [9.17, 15) is 0 Å². The average Bonchev–Trinajstić information content (AvgIpc) is 2.32. The summed E-state index contributed by atoms with van der Waals surface area (Å²) in [5, 5.41) is 0.516. The summed E-state index contributed by atoms with van der Waals surface area (Å²) >= 11 is 5.73. The molecule has 0 saturated heterocycles. The second kappa shape index (κ2) is 5.53. The summed E-state index contributed by atoms with van der Waals surface area (Å²) in [5.74, 6) is 1.67. The molecule has 0 spiro atoms. The first-order valence-electron chi connectivity index (χ1n) is 6.06. The summed E-state index contributed by atoms with van der Waals surface area (Å²) in [4.78, 5) is 4.02. The number of hydrogen-bond acceptors (Lipinski definition) is 2. The number of halogens is 1. The van der Waals surface area contributed by atoms with Gasteiger partial charge < -0.3 is 4.74 Å². The van der Waals surface area contributed by atoms with Crippen LogP contribution in [-0.4, -0.2) is 11.1 Å². The molecule has 1 aliphatic carbocycles. The van der Waals surface area contributed by atoms with E-state index in [0.717, 1.165) is 11.7 Å². The van der Waals surface area contributed by atoms with Crippen LogP contribution in [0.2, 0.25) is 5.15 Å². The Kier molecular flexibility index (Phi) is 4.05. The highest BCUT2D eigenvalue weighted by molar-refractivity contribution is 6.29. The lowest BCUT2D eigenvalue weighted by atomic mass is 9.85. The van der Waals surface area contributed by atoms with E-state index in [1.54, 1.807) is 12.3 Å². The van der Waals surface area contributed by atoms with Gasteiger partial charge in [0, 0.05) is 0 Å². The summed E-state index contributed by atoms with van der Waals surface area (Å²) < 4.78 is 5.92. The molecule has 1 aliphatic rings. The molecule has 2 rings (SSSR count). The van der Waals surface area contributed by atoms with Crippen molar-refractivity contribution in [3.05, 3.63) is 23.5 Å². The lowest BCUT2D eigenvalue weighted by Crippen LogP contribution is -2.25. The molecule has 0 aliphatic heterocycles. The van der Waals surface area contributed by atoms with Crippen LogP contribution in [0.4, 0.5) is 0 Å². The summed E-state index contributed by atoms with van der Waals surface area (Å²) in [6.07, 6.45) is 8.32. The molecule has 0 bridgehead atoms. The van der Waals surface area contributed by atoms with Gasteiger partial charge in [-0.05, 0) is 37.3 Å². The van der Waals surface area contributed by atoms with Crippen LogP contribution in [0.3, 0.4) is 0 Å². The number of pyridine rings is 1. The van der Waals surface area contributed by atoms with Crippen LogP contribution in [0.1, 0.15) is 39.0 Å². The highest BCUT2D eigenvalue weighted by Crippen LogP contribution is 2.29. The standard InChI is InChI=1S/C13H18ClNO/c1-2-10-4-3-5-11(8-10)16-12-6-7-13(14)15-9-12/h6-7,9-11H,2-5,8H2,1H3. The number of aromatic nitrogens is 1. The second-order valence-corrected chi connectivity index (χ2v) is 4.88. The van der Waals surface area contributed by atoms with E-state index in [1.807, 2.05) is 6.07 Å². The molecule has 1 fully saturated rings. The Labute approximate surface area is 102 Å². The molecule has 2 nitrogen and oxygen atoms in total. The first kappa shape index (κ1) is 11.7.